The van der Waals surface area contributed by atoms with Crippen molar-refractivity contribution >= 4 is 11.8 Å². The largest absolute Gasteiger partial charge is 0.453 e. The third-order valence-electron chi connectivity index (χ3n) is 1.10. The molecule has 0 saturated heterocycles. The lowest BCUT2D eigenvalue weighted by Gasteiger charge is -2.11. The summed E-state index contributed by atoms with van der Waals surface area (Å²) < 4.78 is 9.95. The zero-order chi connectivity index (χ0) is 11.8. The summed E-state index contributed by atoms with van der Waals surface area (Å²) in [7, 11) is 0. The van der Waals surface area contributed by atoms with Crippen LogP contribution in [0.2, 0.25) is 0 Å². The van der Waals surface area contributed by atoms with Gasteiger partial charge in [0.2, 0.25) is 0 Å². The number of hydrogen-bond acceptors (Lipinski definition) is 5. The van der Waals surface area contributed by atoms with Crippen LogP contribution in [-0.4, -0.2) is 23.4 Å². The summed E-state index contributed by atoms with van der Waals surface area (Å²) in [5.74, 6) is 0.363. The van der Waals surface area contributed by atoms with Gasteiger partial charge < -0.3 is 19.7 Å². The minimum Gasteiger partial charge on any atom is -0.453 e. The third-order valence-corrected chi connectivity index (χ3v) is 1.72. The smallest absolute Gasteiger partial charge is 0.160 e. The molecule has 0 aliphatic heterocycles. The number of aliphatic hydroxyl groups is 2. The lowest BCUT2D eigenvalue weighted by atomic mass is 10.6. The maximum Gasteiger partial charge on any atom is 0.160 e. The zero-order valence-electron chi connectivity index (χ0n) is 8.36. The van der Waals surface area contributed by atoms with Crippen LogP contribution in [0.15, 0.2) is 48.0 Å². The fraction of sp³-hybridized carbons (Fsp3) is 0.200. The molecule has 0 aromatic rings. The highest BCUT2D eigenvalue weighted by molar-refractivity contribution is 8.06. The molecular formula is C10H14O4S. The van der Waals surface area contributed by atoms with Crippen molar-refractivity contribution in [2.24, 2.45) is 0 Å². The first-order valence-electron chi connectivity index (χ1n) is 3.98. The monoisotopic (exact) mass is 230 g/mol. The molecule has 0 atom stereocenters. The lowest BCUT2D eigenvalue weighted by Crippen LogP contribution is -1.96. The van der Waals surface area contributed by atoms with Gasteiger partial charge in [-0.15, -0.1) is 0 Å². The van der Waals surface area contributed by atoms with Crippen LogP contribution in [-0.2, 0) is 9.47 Å². The van der Waals surface area contributed by atoms with Gasteiger partial charge in [-0.2, -0.15) is 0 Å². The number of ether oxygens (including phenoxy) is 2. The Labute approximate surface area is 93.2 Å². The Morgan fingerprint density at radius 2 is 1.20 bits per heavy atom. The van der Waals surface area contributed by atoms with Crippen LogP contribution in [0.5, 0.6) is 0 Å². The molecule has 4 nitrogen and oxygen atoms in total. The summed E-state index contributed by atoms with van der Waals surface area (Å²) >= 11 is 1.01. The highest BCUT2D eigenvalue weighted by Crippen LogP contribution is 2.26. The molecule has 5 heteroatoms. The van der Waals surface area contributed by atoms with E-state index in [-0.39, 0.29) is 34.9 Å². The predicted octanol–water partition coefficient (Wildman–Crippen LogP) is 1.71. The van der Waals surface area contributed by atoms with Gasteiger partial charge in [0.05, 0.1) is 0 Å². The number of hydrogen-bond donors (Lipinski definition) is 2. The van der Waals surface area contributed by atoms with E-state index >= 15 is 0 Å². The number of aliphatic hydroxyl groups excluding tert-OH is 2. The van der Waals surface area contributed by atoms with Crippen molar-refractivity contribution in [2.45, 2.75) is 0 Å². The normalized spacial score (nSPS) is 9.20. The Bertz CT molecular complexity index is 255. The van der Waals surface area contributed by atoms with Crippen LogP contribution in [0.25, 0.3) is 0 Å². The highest BCUT2D eigenvalue weighted by Gasteiger charge is 2.05. The van der Waals surface area contributed by atoms with Crippen molar-refractivity contribution in [1.29, 1.82) is 0 Å². The summed E-state index contributed by atoms with van der Waals surface area (Å²) in [5, 5.41) is 17.8. The van der Waals surface area contributed by atoms with Gasteiger partial charge in [-0.25, -0.2) is 0 Å². The quantitative estimate of drug-likeness (QED) is 0.622. The Morgan fingerprint density at radius 1 is 0.867 bits per heavy atom. The van der Waals surface area contributed by atoms with Gasteiger partial charge in [0, 0.05) is 0 Å². The highest BCUT2D eigenvalue weighted by atomic mass is 32.2. The lowest BCUT2D eigenvalue weighted by molar-refractivity contribution is 0.227. The Kier molecular flexibility index (Phi) is 6.61. The molecule has 0 heterocycles. The minimum atomic E-state index is -0.281. The van der Waals surface area contributed by atoms with Gasteiger partial charge in [0.1, 0.15) is 24.7 Å². The van der Waals surface area contributed by atoms with Crippen molar-refractivity contribution in [3.63, 3.8) is 0 Å². The molecule has 0 unspecified atom stereocenters. The van der Waals surface area contributed by atoms with E-state index in [0.717, 1.165) is 11.8 Å². The molecule has 0 fully saturated rings. The van der Waals surface area contributed by atoms with Gasteiger partial charge in [0.15, 0.2) is 10.2 Å². The van der Waals surface area contributed by atoms with E-state index in [4.69, 9.17) is 19.7 Å². The molecule has 15 heavy (non-hydrogen) atoms. The Balaban J connectivity index is 3.92. The summed E-state index contributed by atoms with van der Waals surface area (Å²) in [6, 6.07) is 0. The topological polar surface area (TPSA) is 58.9 Å². The van der Waals surface area contributed by atoms with Gasteiger partial charge in [0.25, 0.3) is 0 Å². The maximum absolute atomic E-state index is 8.63. The van der Waals surface area contributed by atoms with Crippen LogP contribution < -0.4 is 0 Å². The van der Waals surface area contributed by atoms with Crippen LogP contribution in [0.1, 0.15) is 0 Å². The van der Waals surface area contributed by atoms with E-state index in [0.29, 0.717) is 0 Å². The molecule has 84 valence electrons. The van der Waals surface area contributed by atoms with E-state index in [1.165, 1.54) is 0 Å². The van der Waals surface area contributed by atoms with E-state index in [1.807, 2.05) is 0 Å². The van der Waals surface area contributed by atoms with E-state index < -0.39 is 0 Å². The second kappa shape index (κ2) is 7.17. The number of thioether (sulfide) groups is 1. The molecule has 0 aliphatic carbocycles. The summed E-state index contributed by atoms with van der Waals surface area (Å²) in [4.78, 5) is 0. The first kappa shape index (κ1) is 13.8. The molecule has 0 spiro atoms. The standard InChI is InChI=1S/C10H14O4S/c1-7(5-11)13-9(3)15-10(4)14-8(2)6-12/h11-12H,1-6H2. The third kappa shape index (κ3) is 6.84. The van der Waals surface area contributed by atoms with E-state index in [1.54, 1.807) is 0 Å². The first-order chi connectivity index (χ1) is 6.99. The Hall–Kier alpha value is -1.17. The molecule has 0 radical (unpaired) electrons. The molecule has 0 rings (SSSR count). The molecule has 0 aliphatic rings. The van der Waals surface area contributed by atoms with Crippen molar-refractivity contribution in [2.75, 3.05) is 13.2 Å². The van der Waals surface area contributed by atoms with Crippen molar-refractivity contribution in [3.8, 4) is 0 Å². The predicted molar refractivity (Wildman–Crippen MR) is 60.5 cm³/mol. The molecule has 0 aromatic carbocycles. The SMILES string of the molecule is C=C(CO)OC(=C)SC(=C)OC(=C)CO. The molecule has 0 aromatic heterocycles. The average Bonchev–Trinajstić information content (AvgIpc) is 2.16. The molecule has 0 amide bonds. The van der Waals surface area contributed by atoms with E-state index in [9.17, 15) is 0 Å². The fourth-order valence-corrected chi connectivity index (χ4v) is 1.13. The van der Waals surface area contributed by atoms with Gasteiger partial charge in [-0.3, -0.25) is 0 Å². The summed E-state index contributed by atoms with van der Waals surface area (Å²) in [5.41, 5.74) is 0. The van der Waals surface area contributed by atoms with Crippen molar-refractivity contribution in [1.82, 2.24) is 0 Å². The van der Waals surface area contributed by atoms with Gasteiger partial charge in [-0.1, -0.05) is 13.2 Å². The molecular weight excluding hydrogens is 216 g/mol. The van der Waals surface area contributed by atoms with Crippen LogP contribution in [0.3, 0.4) is 0 Å². The molecule has 0 bridgehead atoms. The fourth-order valence-electron chi connectivity index (χ4n) is 0.555. The molecule has 0 saturated carbocycles. The summed E-state index contributed by atoms with van der Waals surface area (Å²) in [6.45, 7) is 13.4. The second-order valence-corrected chi connectivity index (χ2v) is 3.56. The summed E-state index contributed by atoms with van der Waals surface area (Å²) in [6.07, 6.45) is 0. The first-order valence-corrected chi connectivity index (χ1v) is 4.80. The van der Waals surface area contributed by atoms with Crippen LogP contribution in [0.4, 0.5) is 0 Å². The van der Waals surface area contributed by atoms with Crippen LogP contribution in [0, 0.1) is 0 Å². The van der Waals surface area contributed by atoms with Crippen molar-refractivity contribution < 1.29 is 19.7 Å². The van der Waals surface area contributed by atoms with Crippen LogP contribution >= 0.6 is 11.8 Å². The maximum atomic E-state index is 8.63. The second-order valence-electron chi connectivity index (χ2n) is 2.44. The van der Waals surface area contributed by atoms with E-state index in [2.05, 4.69) is 26.3 Å². The number of rotatable bonds is 8. The van der Waals surface area contributed by atoms with Gasteiger partial charge >= 0.3 is 0 Å². The van der Waals surface area contributed by atoms with Crippen molar-refractivity contribution in [3.05, 3.63) is 48.0 Å². The minimum absolute atomic E-state index is 0.182. The molecule has 2 N–H and O–H groups in total. The zero-order valence-corrected chi connectivity index (χ0v) is 9.18. The Morgan fingerprint density at radius 3 is 1.47 bits per heavy atom. The van der Waals surface area contributed by atoms with Gasteiger partial charge in [-0.05, 0) is 24.9 Å². The average molecular weight is 230 g/mol.